The molecule has 0 aromatic heterocycles. The van der Waals surface area contributed by atoms with Crippen molar-refractivity contribution in [3.63, 3.8) is 0 Å². The molecule has 1 fully saturated rings. The molecule has 7 heteroatoms. The van der Waals surface area contributed by atoms with Crippen molar-refractivity contribution in [2.45, 2.75) is 12.3 Å². The predicted molar refractivity (Wildman–Crippen MR) is 121 cm³/mol. The van der Waals surface area contributed by atoms with Crippen LogP contribution in [0.1, 0.15) is 26.9 Å². The molecule has 1 heterocycles. The molecule has 158 valence electrons. The van der Waals surface area contributed by atoms with Gasteiger partial charge in [0.2, 0.25) is 5.91 Å². The number of anilines is 2. The summed E-state index contributed by atoms with van der Waals surface area (Å²) in [6, 6.07) is 18.9. The topological polar surface area (TPSA) is 58.6 Å². The number of amides is 2. The molecule has 0 unspecified atom stereocenters. The lowest BCUT2D eigenvalue weighted by atomic mass is 10.1. The van der Waals surface area contributed by atoms with Gasteiger partial charge in [0.25, 0.3) is 5.91 Å². The number of ether oxygens (including phenoxy) is 1. The van der Waals surface area contributed by atoms with E-state index in [1.807, 2.05) is 19.1 Å². The maximum Gasteiger partial charge on any atom is 0.255 e. The van der Waals surface area contributed by atoms with Crippen molar-refractivity contribution in [2.24, 2.45) is 0 Å². The first-order chi connectivity index (χ1) is 15.0. The number of nitrogens with zero attached hydrogens (tertiary/aromatic N) is 1. The Bertz CT molecular complexity index is 1130. The summed E-state index contributed by atoms with van der Waals surface area (Å²) < 4.78 is 19.6. The van der Waals surface area contributed by atoms with Crippen molar-refractivity contribution in [3.05, 3.63) is 89.2 Å². The Balaban J connectivity index is 1.53. The van der Waals surface area contributed by atoms with Crippen LogP contribution in [0.5, 0.6) is 5.75 Å². The van der Waals surface area contributed by atoms with Crippen LogP contribution in [0.2, 0.25) is 0 Å². The van der Waals surface area contributed by atoms with Crippen LogP contribution >= 0.6 is 11.8 Å². The Hall–Kier alpha value is -3.32. The van der Waals surface area contributed by atoms with Gasteiger partial charge in [0.1, 0.15) is 16.9 Å². The van der Waals surface area contributed by atoms with E-state index in [4.69, 9.17) is 4.74 Å². The van der Waals surface area contributed by atoms with Crippen LogP contribution < -0.4 is 15.0 Å². The second-order valence-corrected chi connectivity index (χ2v) is 8.26. The van der Waals surface area contributed by atoms with Gasteiger partial charge in [0, 0.05) is 11.3 Å². The molecule has 1 aliphatic rings. The lowest BCUT2D eigenvalue weighted by Crippen LogP contribution is -2.28. The standard InChI is InChI=1S/C24H21FN2O3S/c1-15-6-11-20(25)21(12-15)27-22(28)14-31-24(27)16-7-9-18(10-8-16)26-23(29)17-4-3-5-19(13-17)30-2/h3-13,24H,14H2,1-2H3,(H,26,29)/t24-/m0/s1. The van der Waals surface area contributed by atoms with Crippen LogP contribution in [-0.2, 0) is 4.79 Å². The van der Waals surface area contributed by atoms with E-state index in [-0.39, 0.29) is 28.6 Å². The zero-order valence-electron chi connectivity index (χ0n) is 17.1. The van der Waals surface area contributed by atoms with Gasteiger partial charge in [-0.1, -0.05) is 24.3 Å². The van der Waals surface area contributed by atoms with E-state index >= 15 is 0 Å². The fourth-order valence-electron chi connectivity index (χ4n) is 3.44. The molecular formula is C24H21FN2O3S. The first-order valence-corrected chi connectivity index (χ1v) is 10.8. The number of hydrogen-bond acceptors (Lipinski definition) is 4. The summed E-state index contributed by atoms with van der Waals surface area (Å²) in [4.78, 5) is 26.5. The van der Waals surface area contributed by atoms with E-state index in [1.54, 1.807) is 55.6 Å². The molecule has 3 aromatic rings. The molecule has 1 saturated heterocycles. The van der Waals surface area contributed by atoms with Gasteiger partial charge in [-0.2, -0.15) is 0 Å². The molecule has 3 aromatic carbocycles. The quantitative estimate of drug-likeness (QED) is 0.599. The fourth-order valence-corrected chi connectivity index (χ4v) is 4.61. The van der Waals surface area contributed by atoms with E-state index in [9.17, 15) is 14.0 Å². The van der Waals surface area contributed by atoms with Crippen LogP contribution in [0.3, 0.4) is 0 Å². The van der Waals surface area contributed by atoms with Crippen LogP contribution in [0.25, 0.3) is 0 Å². The minimum Gasteiger partial charge on any atom is -0.497 e. The van der Waals surface area contributed by atoms with Gasteiger partial charge in [-0.25, -0.2) is 4.39 Å². The second kappa shape index (κ2) is 8.81. The summed E-state index contributed by atoms with van der Waals surface area (Å²) in [5.41, 5.74) is 3.14. The number of nitrogens with one attached hydrogen (secondary N) is 1. The third-order valence-corrected chi connectivity index (χ3v) is 6.23. The number of carbonyl (C=O) groups excluding carboxylic acids is 2. The van der Waals surface area contributed by atoms with Crippen molar-refractivity contribution >= 4 is 35.0 Å². The molecule has 0 aliphatic carbocycles. The molecular weight excluding hydrogens is 415 g/mol. The van der Waals surface area contributed by atoms with Crippen molar-refractivity contribution in [1.29, 1.82) is 0 Å². The molecule has 1 aliphatic heterocycles. The normalized spacial score (nSPS) is 15.8. The van der Waals surface area contributed by atoms with Crippen molar-refractivity contribution in [3.8, 4) is 5.75 Å². The SMILES string of the molecule is COc1cccc(C(=O)Nc2ccc([C@@H]3SCC(=O)N3c3cc(C)ccc3F)cc2)c1. The summed E-state index contributed by atoms with van der Waals surface area (Å²) in [7, 11) is 1.55. The number of halogens is 1. The van der Waals surface area contributed by atoms with Crippen LogP contribution in [-0.4, -0.2) is 24.7 Å². The first-order valence-electron chi connectivity index (χ1n) is 9.71. The zero-order valence-corrected chi connectivity index (χ0v) is 17.9. The minimum absolute atomic E-state index is 0.130. The van der Waals surface area contributed by atoms with Gasteiger partial charge < -0.3 is 10.1 Å². The van der Waals surface area contributed by atoms with Crippen molar-refractivity contribution < 1.29 is 18.7 Å². The van der Waals surface area contributed by atoms with Gasteiger partial charge in [-0.3, -0.25) is 14.5 Å². The average Bonchev–Trinajstić information content (AvgIpc) is 3.17. The number of benzene rings is 3. The molecule has 5 nitrogen and oxygen atoms in total. The zero-order chi connectivity index (χ0) is 22.0. The number of rotatable bonds is 5. The summed E-state index contributed by atoms with van der Waals surface area (Å²) in [6.45, 7) is 1.87. The molecule has 0 spiro atoms. The summed E-state index contributed by atoms with van der Waals surface area (Å²) in [5, 5.41) is 2.53. The second-order valence-electron chi connectivity index (χ2n) is 7.19. The molecule has 0 saturated carbocycles. The van der Waals surface area contributed by atoms with E-state index in [2.05, 4.69) is 5.32 Å². The highest BCUT2D eigenvalue weighted by Crippen LogP contribution is 2.43. The lowest BCUT2D eigenvalue weighted by Gasteiger charge is -2.25. The monoisotopic (exact) mass is 436 g/mol. The Kier molecular flexibility index (Phi) is 5.95. The van der Waals surface area contributed by atoms with Crippen molar-refractivity contribution in [2.75, 3.05) is 23.1 Å². The summed E-state index contributed by atoms with van der Waals surface area (Å²) >= 11 is 1.45. The number of thioether (sulfide) groups is 1. The molecule has 4 rings (SSSR count). The average molecular weight is 437 g/mol. The third-order valence-electron chi connectivity index (χ3n) is 5.01. The molecule has 1 atom stereocenters. The van der Waals surface area contributed by atoms with Gasteiger partial charge >= 0.3 is 0 Å². The maximum atomic E-state index is 14.4. The van der Waals surface area contributed by atoms with E-state index in [0.717, 1.165) is 11.1 Å². The van der Waals surface area contributed by atoms with E-state index in [0.29, 0.717) is 17.0 Å². The molecule has 1 N–H and O–H groups in total. The number of aryl methyl sites for hydroxylation is 1. The molecule has 0 radical (unpaired) electrons. The maximum absolute atomic E-state index is 14.4. The Morgan fingerprint density at radius 1 is 1.13 bits per heavy atom. The van der Waals surface area contributed by atoms with Gasteiger partial charge in [-0.05, 0) is 60.5 Å². The van der Waals surface area contributed by atoms with Crippen LogP contribution in [0.15, 0.2) is 66.7 Å². The predicted octanol–water partition coefficient (Wildman–Crippen LogP) is 5.17. The van der Waals surface area contributed by atoms with E-state index < -0.39 is 5.82 Å². The molecule has 0 bridgehead atoms. The summed E-state index contributed by atoms with van der Waals surface area (Å²) in [6.07, 6.45) is 0. The lowest BCUT2D eigenvalue weighted by molar-refractivity contribution is -0.115. The van der Waals surface area contributed by atoms with Crippen molar-refractivity contribution in [1.82, 2.24) is 0 Å². The van der Waals surface area contributed by atoms with E-state index in [1.165, 1.54) is 22.7 Å². The molecule has 31 heavy (non-hydrogen) atoms. The number of carbonyl (C=O) groups is 2. The smallest absolute Gasteiger partial charge is 0.255 e. The Labute approximate surface area is 184 Å². The largest absolute Gasteiger partial charge is 0.497 e. The fraction of sp³-hybridized carbons (Fsp3) is 0.167. The Morgan fingerprint density at radius 3 is 2.65 bits per heavy atom. The van der Waals surface area contributed by atoms with Crippen LogP contribution in [0, 0.1) is 12.7 Å². The third kappa shape index (κ3) is 4.41. The highest BCUT2D eigenvalue weighted by Gasteiger charge is 2.35. The highest BCUT2D eigenvalue weighted by atomic mass is 32.2. The number of hydrogen-bond donors (Lipinski definition) is 1. The number of methoxy groups -OCH3 is 1. The van der Waals surface area contributed by atoms with Gasteiger partial charge in [0.15, 0.2) is 0 Å². The van der Waals surface area contributed by atoms with Crippen LogP contribution in [0.4, 0.5) is 15.8 Å². The first kappa shape index (κ1) is 20.9. The molecule has 2 amide bonds. The highest BCUT2D eigenvalue weighted by molar-refractivity contribution is 8.00. The summed E-state index contributed by atoms with van der Waals surface area (Å²) in [5.74, 6) is 0.0882. The Morgan fingerprint density at radius 2 is 1.90 bits per heavy atom. The van der Waals surface area contributed by atoms with Gasteiger partial charge in [-0.15, -0.1) is 11.8 Å². The van der Waals surface area contributed by atoms with Gasteiger partial charge in [0.05, 0.1) is 18.6 Å². The minimum atomic E-state index is -0.423.